The summed E-state index contributed by atoms with van der Waals surface area (Å²) < 4.78 is 4.76. The Labute approximate surface area is 75.0 Å². The molecule has 5 atom stereocenters. The van der Waals surface area contributed by atoms with Crippen molar-refractivity contribution in [1.82, 2.24) is 0 Å². The van der Waals surface area contributed by atoms with Crippen LogP contribution in [0.25, 0.3) is 0 Å². The molecular weight excluding hydrogens is 180 g/mol. The smallest absolute Gasteiger partial charge is 0.184 e. The van der Waals surface area contributed by atoms with Crippen molar-refractivity contribution in [2.24, 2.45) is 0 Å². The second-order valence-electron chi connectivity index (χ2n) is 3.41. The van der Waals surface area contributed by atoms with Crippen LogP contribution in [0.2, 0.25) is 0 Å². The lowest BCUT2D eigenvalue weighted by molar-refractivity contribution is -0.321. The minimum atomic E-state index is -1.60. The summed E-state index contributed by atoms with van der Waals surface area (Å²) in [7, 11) is 0. The van der Waals surface area contributed by atoms with E-state index in [0.717, 1.165) is 0 Å². The molecule has 6 nitrogen and oxygen atoms in total. The molecule has 0 amide bonds. The van der Waals surface area contributed by atoms with Crippen LogP contribution in [-0.4, -0.2) is 62.3 Å². The first kappa shape index (κ1) is 10.8. The van der Waals surface area contributed by atoms with Crippen LogP contribution in [0.5, 0.6) is 0 Å². The zero-order chi connectivity index (χ0) is 10.2. The minimum Gasteiger partial charge on any atom is -0.393 e. The molecule has 1 aliphatic heterocycles. The first-order chi connectivity index (χ1) is 5.92. The lowest BCUT2D eigenvalue weighted by atomic mass is 9.89. The van der Waals surface area contributed by atoms with E-state index in [1.807, 2.05) is 0 Å². The number of aliphatic hydroxyl groups is 5. The van der Waals surface area contributed by atoms with Crippen molar-refractivity contribution in [2.45, 2.75) is 37.1 Å². The van der Waals surface area contributed by atoms with Crippen LogP contribution in [0.3, 0.4) is 0 Å². The first-order valence-electron chi connectivity index (χ1n) is 3.93. The fraction of sp³-hybridized carbons (Fsp3) is 1.00. The maximum atomic E-state index is 9.38. The third kappa shape index (κ3) is 1.69. The largest absolute Gasteiger partial charge is 0.393 e. The molecule has 0 aromatic heterocycles. The first-order valence-corrected chi connectivity index (χ1v) is 3.93. The molecule has 1 saturated heterocycles. The van der Waals surface area contributed by atoms with Gasteiger partial charge in [-0.15, -0.1) is 0 Å². The maximum Gasteiger partial charge on any atom is 0.184 e. The SMILES string of the molecule is CC1(CO)O[C@@H](O)C(O)C(O)[C@@H]1O. The van der Waals surface area contributed by atoms with E-state index in [2.05, 4.69) is 0 Å². The van der Waals surface area contributed by atoms with E-state index >= 15 is 0 Å². The summed E-state index contributed by atoms with van der Waals surface area (Å²) in [5, 5.41) is 45.6. The van der Waals surface area contributed by atoms with E-state index in [1.54, 1.807) is 0 Å². The molecule has 3 unspecified atom stereocenters. The molecule has 0 bridgehead atoms. The Hall–Kier alpha value is -0.240. The van der Waals surface area contributed by atoms with E-state index in [9.17, 15) is 10.2 Å². The quantitative estimate of drug-likeness (QED) is 0.308. The summed E-state index contributed by atoms with van der Waals surface area (Å²) in [5.74, 6) is 0. The van der Waals surface area contributed by atoms with Gasteiger partial charge in [0.05, 0.1) is 6.61 Å². The zero-order valence-electron chi connectivity index (χ0n) is 7.16. The van der Waals surface area contributed by atoms with Crippen LogP contribution in [0, 0.1) is 0 Å². The Balaban J connectivity index is 2.82. The summed E-state index contributed by atoms with van der Waals surface area (Å²) in [6.45, 7) is 0.769. The van der Waals surface area contributed by atoms with E-state index in [1.165, 1.54) is 6.92 Å². The van der Waals surface area contributed by atoms with Gasteiger partial charge in [0.1, 0.15) is 23.9 Å². The molecule has 0 aromatic rings. The third-order valence-corrected chi connectivity index (χ3v) is 2.30. The van der Waals surface area contributed by atoms with Crippen molar-refractivity contribution >= 4 is 0 Å². The topological polar surface area (TPSA) is 110 Å². The van der Waals surface area contributed by atoms with Crippen molar-refractivity contribution in [3.05, 3.63) is 0 Å². The predicted octanol–water partition coefficient (Wildman–Crippen LogP) is -2.83. The van der Waals surface area contributed by atoms with Gasteiger partial charge in [0.2, 0.25) is 0 Å². The van der Waals surface area contributed by atoms with Crippen LogP contribution < -0.4 is 0 Å². The molecule has 0 saturated carbocycles. The Morgan fingerprint density at radius 1 is 1.15 bits per heavy atom. The van der Waals surface area contributed by atoms with Gasteiger partial charge in [0, 0.05) is 0 Å². The monoisotopic (exact) mass is 194 g/mol. The van der Waals surface area contributed by atoms with Crippen LogP contribution in [-0.2, 0) is 4.74 Å². The van der Waals surface area contributed by atoms with E-state index in [0.29, 0.717) is 0 Å². The molecule has 5 N–H and O–H groups in total. The van der Waals surface area contributed by atoms with Crippen LogP contribution in [0.1, 0.15) is 6.92 Å². The predicted molar refractivity (Wildman–Crippen MR) is 40.6 cm³/mol. The summed E-state index contributed by atoms with van der Waals surface area (Å²) >= 11 is 0. The summed E-state index contributed by atoms with van der Waals surface area (Å²) in [6, 6.07) is 0. The van der Waals surface area contributed by atoms with Crippen molar-refractivity contribution < 1.29 is 30.3 Å². The summed E-state index contributed by atoms with van der Waals surface area (Å²) in [5.41, 5.74) is -1.45. The number of hydrogen-bond donors (Lipinski definition) is 5. The van der Waals surface area contributed by atoms with Gasteiger partial charge in [-0.1, -0.05) is 0 Å². The molecule has 78 valence electrons. The highest BCUT2D eigenvalue weighted by Crippen LogP contribution is 2.28. The van der Waals surface area contributed by atoms with Crippen molar-refractivity contribution in [2.75, 3.05) is 6.61 Å². The summed E-state index contributed by atoms with van der Waals surface area (Å²) in [4.78, 5) is 0. The minimum absolute atomic E-state index is 0.561. The second-order valence-corrected chi connectivity index (χ2v) is 3.41. The fourth-order valence-electron chi connectivity index (χ4n) is 1.26. The van der Waals surface area contributed by atoms with Gasteiger partial charge in [-0.2, -0.15) is 0 Å². The average molecular weight is 194 g/mol. The van der Waals surface area contributed by atoms with Gasteiger partial charge >= 0.3 is 0 Å². The Bertz CT molecular complexity index is 186. The number of ether oxygens (including phenoxy) is 1. The van der Waals surface area contributed by atoms with Crippen molar-refractivity contribution in [3.63, 3.8) is 0 Å². The molecule has 6 heteroatoms. The van der Waals surface area contributed by atoms with E-state index in [4.69, 9.17) is 20.1 Å². The highest BCUT2D eigenvalue weighted by molar-refractivity contribution is 4.96. The van der Waals surface area contributed by atoms with Gasteiger partial charge in [-0.25, -0.2) is 0 Å². The number of aliphatic hydroxyl groups excluding tert-OH is 5. The highest BCUT2D eigenvalue weighted by atomic mass is 16.6. The maximum absolute atomic E-state index is 9.38. The fourth-order valence-corrected chi connectivity index (χ4v) is 1.26. The second kappa shape index (κ2) is 3.49. The van der Waals surface area contributed by atoms with Gasteiger partial charge in [-0.05, 0) is 6.92 Å². The van der Waals surface area contributed by atoms with Gasteiger partial charge in [0.15, 0.2) is 6.29 Å². The van der Waals surface area contributed by atoms with Gasteiger partial charge < -0.3 is 30.3 Å². The zero-order valence-corrected chi connectivity index (χ0v) is 7.16. The van der Waals surface area contributed by atoms with Crippen LogP contribution >= 0.6 is 0 Å². The van der Waals surface area contributed by atoms with E-state index < -0.39 is 36.8 Å². The lowest BCUT2D eigenvalue weighted by Gasteiger charge is -2.44. The normalized spacial score (nSPS) is 52.2. The van der Waals surface area contributed by atoms with Crippen molar-refractivity contribution in [3.8, 4) is 0 Å². The van der Waals surface area contributed by atoms with Gasteiger partial charge in [0.25, 0.3) is 0 Å². The van der Waals surface area contributed by atoms with Crippen LogP contribution in [0.4, 0.5) is 0 Å². The standard InChI is InChI=1S/C7H14O6/c1-7(2-8)5(11)3(9)4(10)6(12)13-7/h3-6,8-12H,2H2,1H3/t3?,4?,5-,6+,7?/m0/s1. The molecule has 1 aliphatic rings. The van der Waals surface area contributed by atoms with Crippen LogP contribution in [0.15, 0.2) is 0 Å². The molecule has 1 fully saturated rings. The molecule has 1 rings (SSSR count). The Morgan fingerprint density at radius 2 is 1.69 bits per heavy atom. The number of hydrogen-bond acceptors (Lipinski definition) is 6. The molecule has 0 aromatic carbocycles. The highest BCUT2D eigenvalue weighted by Gasteiger charge is 2.50. The molecular formula is C7H14O6. The van der Waals surface area contributed by atoms with Crippen molar-refractivity contribution in [1.29, 1.82) is 0 Å². The number of rotatable bonds is 1. The molecule has 1 heterocycles. The lowest BCUT2D eigenvalue weighted by Crippen LogP contribution is -2.64. The Morgan fingerprint density at radius 3 is 2.15 bits per heavy atom. The molecule has 0 spiro atoms. The summed E-state index contributed by atoms with van der Waals surface area (Å²) in [6.07, 6.45) is -6.12. The Kier molecular flexibility index (Phi) is 2.91. The van der Waals surface area contributed by atoms with Gasteiger partial charge in [-0.3, -0.25) is 0 Å². The average Bonchev–Trinajstić information content (AvgIpc) is 2.12. The molecule has 0 aliphatic carbocycles. The third-order valence-electron chi connectivity index (χ3n) is 2.30. The molecule has 0 radical (unpaired) electrons. The van der Waals surface area contributed by atoms with E-state index in [-0.39, 0.29) is 0 Å². The molecule has 13 heavy (non-hydrogen) atoms.